The van der Waals surface area contributed by atoms with Crippen molar-refractivity contribution < 1.29 is 31.3 Å². The van der Waals surface area contributed by atoms with E-state index < -0.39 is 27.9 Å². The van der Waals surface area contributed by atoms with E-state index in [1.807, 2.05) is 13.8 Å². The molecule has 0 aliphatic carbocycles. The van der Waals surface area contributed by atoms with Gasteiger partial charge in [-0.2, -0.15) is 8.78 Å². The van der Waals surface area contributed by atoms with Gasteiger partial charge in [-0.25, -0.2) is 13.2 Å². The zero-order valence-electron chi connectivity index (χ0n) is 13.5. The Balaban J connectivity index is 2.76. The molecule has 136 valence electrons. The standard InChI is InChI=1S/C15H21F2NO5S/c1-3-9-18(10-4-2)13-7-5-12(6-8-13)14(19)23-11-15(16,17)24(20,21)22/h5-8H,3-4,9-11H2,1-2H3,(H,20,21,22)/p-1. The third-order valence-corrected chi connectivity index (χ3v) is 4.04. The summed E-state index contributed by atoms with van der Waals surface area (Å²) in [7, 11) is -5.88. The molecular weight excluding hydrogens is 344 g/mol. The summed E-state index contributed by atoms with van der Waals surface area (Å²) in [6.07, 6.45) is 1.89. The Bertz CT molecular complexity index is 640. The molecule has 0 saturated carbocycles. The highest BCUT2D eigenvalue weighted by molar-refractivity contribution is 7.86. The molecule has 0 unspecified atom stereocenters. The minimum absolute atomic E-state index is 0.00852. The molecule has 9 heteroatoms. The van der Waals surface area contributed by atoms with Crippen LogP contribution < -0.4 is 4.90 Å². The van der Waals surface area contributed by atoms with Crippen LogP contribution in [-0.4, -0.2) is 43.9 Å². The van der Waals surface area contributed by atoms with Crippen LogP contribution >= 0.6 is 0 Å². The Morgan fingerprint density at radius 2 is 1.67 bits per heavy atom. The number of halogens is 2. The average molecular weight is 364 g/mol. The Morgan fingerprint density at radius 1 is 1.17 bits per heavy atom. The zero-order chi connectivity index (χ0) is 18.4. The first-order chi connectivity index (χ1) is 11.1. The molecule has 1 rings (SSSR count). The highest BCUT2D eigenvalue weighted by Gasteiger charge is 2.39. The number of rotatable bonds is 9. The van der Waals surface area contributed by atoms with Gasteiger partial charge < -0.3 is 14.2 Å². The number of ether oxygens (including phenoxy) is 1. The number of hydrogen-bond acceptors (Lipinski definition) is 6. The van der Waals surface area contributed by atoms with E-state index in [0.29, 0.717) is 0 Å². The summed E-state index contributed by atoms with van der Waals surface area (Å²) < 4.78 is 61.2. The summed E-state index contributed by atoms with van der Waals surface area (Å²) in [5.41, 5.74) is 0.869. The molecule has 0 N–H and O–H groups in total. The van der Waals surface area contributed by atoms with Gasteiger partial charge in [0.25, 0.3) is 0 Å². The van der Waals surface area contributed by atoms with Crippen LogP contribution in [0.15, 0.2) is 24.3 Å². The van der Waals surface area contributed by atoms with Crippen molar-refractivity contribution in [2.75, 3.05) is 24.6 Å². The quantitative estimate of drug-likeness (QED) is 0.494. The maximum absolute atomic E-state index is 13.0. The van der Waals surface area contributed by atoms with Crippen molar-refractivity contribution in [2.45, 2.75) is 31.9 Å². The van der Waals surface area contributed by atoms with Crippen LogP contribution in [0.2, 0.25) is 0 Å². The first-order valence-electron chi connectivity index (χ1n) is 7.47. The number of esters is 1. The Kier molecular flexibility index (Phi) is 7.09. The maximum Gasteiger partial charge on any atom is 0.367 e. The molecule has 0 heterocycles. The van der Waals surface area contributed by atoms with E-state index in [0.717, 1.165) is 31.6 Å². The Morgan fingerprint density at radius 3 is 2.08 bits per heavy atom. The topological polar surface area (TPSA) is 86.7 Å². The summed E-state index contributed by atoms with van der Waals surface area (Å²) in [5, 5.41) is -4.65. The smallest absolute Gasteiger partial charge is 0.367 e. The van der Waals surface area contributed by atoms with E-state index in [9.17, 15) is 26.5 Å². The molecule has 0 aliphatic heterocycles. The van der Waals surface area contributed by atoms with Crippen LogP contribution in [0.25, 0.3) is 0 Å². The monoisotopic (exact) mass is 364 g/mol. The molecule has 24 heavy (non-hydrogen) atoms. The van der Waals surface area contributed by atoms with Gasteiger partial charge in [0.2, 0.25) is 0 Å². The largest absolute Gasteiger partial charge is 0.743 e. The lowest BCUT2D eigenvalue weighted by Crippen LogP contribution is -2.34. The van der Waals surface area contributed by atoms with Gasteiger partial charge in [0.15, 0.2) is 16.7 Å². The van der Waals surface area contributed by atoms with Crippen molar-refractivity contribution in [3.8, 4) is 0 Å². The van der Waals surface area contributed by atoms with Crippen LogP contribution in [0.1, 0.15) is 37.0 Å². The molecule has 0 bridgehead atoms. The summed E-state index contributed by atoms with van der Waals surface area (Å²) in [5.74, 6) is -1.12. The molecule has 0 saturated heterocycles. The normalized spacial score (nSPS) is 12.0. The molecule has 1 aromatic rings. The van der Waals surface area contributed by atoms with Gasteiger partial charge in [0.05, 0.1) is 5.56 Å². The Labute approximate surface area is 140 Å². The maximum atomic E-state index is 13.0. The van der Waals surface area contributed by atoms with Crippen LogP contribution in [0, 0.1) is 0 Å². The van der Waals surface area contributed by atoms with Crippen molar-refractivity contribution >= 4 is 21.8 Å². The number of anilines is 1. The fourth-order valence-electron chi connectivity index (χ4n) is 2.02. The molecule has 0 amide bonds. The summed E-state index contributed by atoms with van der Waals surface area (Å²) in [6.45, 7) is 3.95. The SMILES string of the molecule is CCCN(CCC)c1ccc(C(=O)OCC(F)(F)S(=O)(=O)[O-])cc1. The average Bonchev–Trinajstić information content (AvgIpc) is 2.51. The minimum Gasteiger partial charge on any atom is -0.743 e. The van der Waals surface area contributed by atoms with E-state index in [1.165, 1.54) is 12.1 Å². The molecule has 0 aromatic heterocycles. The van der Waals surface area contributed by atoms with Gasteiger partial charge in [-0.15, -0.1) is 0 Å². The van der Waals surface area contributed by atoms with Crippen LogP contribution in [0.4, 0.5) is 14.5 Å². The third-order valence-electron chi connectivity index (χ3n) is 3.19. The Hall–Kier alpha value is -1.74. The highest BCUT2D eigenvalue weighted by Crippen LogP contribution is 2.22. The van der Waals surface area contributed by atoms with Gasteiger partial charge in [-0.1, -0.05) is 13.8 Å². The van der Waals surface area contributed by atoms with E-state index in [2.05, 4.69) is 9.64 Å². The predicted octanol–water partition coefficient (Wildman–Crippen LogP) is 2.61. The van der Waals surface area contributed by atoms with Crippen LogP contribution in [0.5, 0.6) is 0 Å². The lowest BCUT2D eigenvalue weighted by molar-refractivity contribution is -0.00996. The number of carbonyl (C=O) groups excluding carboxylic acids is 1. The zero-order valence-corrected chi connectivity index (χ0v) is 14.3. The van der Waals surface area contributed by atoms with Gasteiger partial charge >= 0.3 is 11.2 Å². The number of alkyl halides is 2. The van der Waals surface area contributed by atoms with Crippen molar-refractivity contribution in [3.05, 3.63) is 29.8 Å². The number of nitrogens with zero attached hydrogens (tertiary/aromatic N) is 1. The summed E-state index contributed by atoms with van der Waals surface area (Å²) >= 11 is 0. The van der Waals surface area contributed by atoms with Crippen LogP contribution in [0.3, 0.4) is 0 Å². The van der Waals surface area contributed by atoms with Gasteiger partial charge in [0.1, 0.15) is 0 Å². The fourth-order valence-corrected chi connectivity index (χ4v) is 2.23. The van der Waals surface area contributed by atoms with Crippen molar-refractivity contribution in [1.29, 1.82) is 0 Å². The highest BCUT2D eigenvalue weighted by atomic mass is 32.2. The second kappa shape index (κ2) is 8.39. The van der Waals surface area contributed by atoms with Gasteiger partial charge in [-0.05, 0) is 37.1 Å². The van der Waals surface area contributed by atoms with Crippen molar-refractivity contribution in [1.82, 2.24) is 0 Å². The molecule has 0 spiro atoms. The predicted molar refractivity (Wildman–Crippen MR) is 84.2 cm³/mol. The second-order valence-corrected chi connectivity index (χ2v) is 6.71. The van der Waals surface area contributed by atoms with Crippen molar-refractivity contribution in [3.63, 3.8) is 0 Å². The molecule has 0 atom stereocenters. The van der Waals surface area contributed by atoms with Gasteiger partial charge in [0, 0.05) is 18.8 Å². The van der Waals surface area contributed by atoms with Crippen LogP contribution in [-0.2, 0) is 14.9 Å². The van der Waals surface area contributed by atoms with Gasteiger partial charge in [-0.3, -0.25) is 0 Å². The number of hydrogen-bond donors (Lipinski definition) is 0. The lowest BCUT2D eigenvalue weighted by Gasteiger charge is -2.24. The number of benzene rings is 1. The van der Waals surface area contributed by atoms with E-state index in [-0.39, 0.29) is 5.56 Å². The molecule has 6 nitrogen and oxygen atoms in total. The lowest BCUT2D eigenvalue weighted by atomic mass is 10.2. The molecule has 1 aromatic carbocycles. The second-order valence-electron chi connectivity index (χ2n) is 5.20. The van der Waals surface area contributed by atoms with E-state index in [1.54, 1.807) is 12.1 Å². The van der Waals surface area contributed by atoms with E-state index >= 15 is 0 Å². The van der Waals surface area contributed by atoms with Crippen molar-refractivity contribution in [2.24, 2.45) is 0 Å². The molecule has 0 fully saturated rings. The first-order valence-corrected chi connectivity index (χ1v) is 8.88. The third kappa shape index (κ3) is 5.41. The molecule has 0 radical (unpaired) electrons. The summed E-state index contributed by atoms with van der Waals surface area (Å²) in [4.78, 5) is 13.8. The fraction of sp³-hybridized carbons (Fsp3) is 0.533. The molecule has 0 aliphatic rings. The van der Waals surface area contributed by atoms with E-state index in [4.69, 9.17) is 0 Å². The number of carbonyl (C=O) groups is 1. The summed E-state index contributed by atoms with van der Waals surface area (Å²) in [6, 6.07) is 6.12. The minimum atomic E-state index is -5.88. The molecular formula is C15H20F2NO5S-. The first kappa shape index (κ1) is 20.3.